The predicted molar refractivity (Wildman–Crippen MR) is 68.0 cm³/mol. The highest BCUT2D eigenvalue weighted by molar-refractivity contribution is 5.84. The normalized spacial score (nSPS) is 27.0. The summed E-state index contributed by atoms with van der Waals surface area (Å²) in [6.07, 6.45) is 8.46. The summed E-state index contributed by atoms with van der Waals surface area (Å²) in [5.74, 6) is -0.234. The number of likely N-dealkylation sites (tertiary alicyclic amines) is 1. The Kier molecular flexibility index (Phi) is 3.93. The monoisotopic (exact) mass is 253 g/mol. The maximum atomic E-state index is 12.0. The predicted octanol–water partition coefficient (Wildman–Crippen LogP) is 2.26. The number of methoxy groups -OCH3 is 1. The van der Waals surface area contributed by atoms with Crippen LogP contribution >= 0.6 is 0 Å². The van der Waals surface area contributed by atoms with Crippen molar-refractivity contribution in [2.24, 2.45) is 0 Å². The van der Waals surface area contributed by atoms with E-state index < -0.39 is 0 Å². The van der Waals surface area contributed by atoms with Crippen molar-refractivity contribution in [3.63, 3.8) is 0 Å². The van der Waals surface area contributed by atoms with Gasteiger partial charge in [-0.15, -0.1) is 0 Å². The molecule has 1 spiro atoms. The van der Waals surface area contributed by atoms with Crippen LogP contribution in [0.4, 0.5) is 0 Å². The van der Waals surface area contributed by atoms with E-state index in [0.717, 1.165) is 44.9 Å². The van der Waals surface area contributed by atoms with Crippen molar-refractivity contribution >= 4 is 11.9 Å². The molecule has 0 aromatic rings. The van der Waals surface area contributed by atoms with Gasteiger partial charge in [-0.2, -0.15) is 0 Å². The molecule has 0 N–H and O–H groups in total. The molecule has 2 aliphatic rings. The minimum absolute atomic E-state index is 0.0204. The molecule has 18 heavy (non-hydrogen) atoms. The Hall–Kier alpha value is -1.06. The zero-order valence-electron chi connectivity index (χ0n) is 11.4. The standard InChI is InChI=1S/C14H23NO3/c1-11(16)15-12(13(17)18-2)7-6-10-14(15)8-4-3-5-9-14/h12H,3-10H2,1-2H3. The Balaban J connectivity index is 2.28. The number of esters is 1. The van der Waals surface area contributed by atoms with E-state index in [9.17, 15) is 9.59 Å². The molecule has 2 fully saturated rings. The van der Waals surface area contributed by atoms with Crippen LogP contribution in [-0.2, 0) is 14.3 Å². The zero-order chi connectivity index (χ0) is 13.2. The molecule has 1 heterocycles. The van der Waals surface area contributed by atoms with E-state index in [1.54, 1.807) is 6.92 Å². The van der Waals surface area contributed by atoms with E-state index in [-0.39, 0.29) is 23.5 Å². The van der Waals surface area contributed by atoms with Crippen LogP contribution < -0.4 is 0 Å². The lowest BCUT2D eigenvalue weighted by atomic mass is 9.73. The van der Waals surface area contributed by atoms with Crippen molar-refractivity contribution in [3.8, 4) is 0 Å². The summed E-state index contributed by atoms with van der Waals surface area (Å²) in [4.78, 5) is 25.8. The van der Waals surface area contributed by atoms with Crippen LogP contribution in [0.3, 0.4) is 0 Å². The minimum Gasteiger partial charge on any atom is -0.467 e. The second-order valence-electron chi connectivity index (χ2n) is 5.61. The molecule has 0 radical (unpaired) electrons. The second-order valence-corrected chi connectivity index (χ2v) is 5.61. The zero-order valence-corrected chi connectivity index (χ0v) is 11.4. The van der Waals surface area contributed by atoms with Crippen LogP contribution in [0, 0.1) is 0 Å². The molecule has 4 heteroatoms. The van der Waals surface area contributed by atoms with Crippen LogP contribution in [-0.4, -0.2) is 35.5 Å². The third kappa shape index (κ3) is 2.25. The lowest BCUT2D eigenvalue weighted by molar-refractivity contribution is -0.163. The molecule has 1 saturated carbocycles. The van der Waals surface area contributed by atoms with Crippen LogP contribution in [0.1, 0.15) is 58.3 Å². The van der Waals surface area contributed by atoms with Crippen molar-refractivity contribution in [1.82, 2.24) is 4.90 Å². The van der Waals surface area contributed by atoms with Crippen molar-refractivity contribution in [1.29, 1.82) is 0 Å². The maximum absolute atomic E-state index is 12.0. The fraction of sp³-hybridized carbons (Fsp3) is 0.857. The highest BCUT2D eigenvalue weighted by Crippen LogP contribution is 2.43. The summed E-state index contributed by atoms with van der Waals surface area (Å²) in [5.41, 5.74) is -0.0683. The summed E-state index contributed by atoms with van der Waals surface area (Å²) in [5, 5.41) is 0. The first-order valence-corrected chi connectivity index (χ1v) is 6.98. The lowest BCUT2D eigenvalue weighted by Gasteiger charge is -2.52. The van der Waals surface area contributed by atoms with Gasteiger partial charge in [-0.1, -0.05) is 19.3 Å². The number of nitrogens with zero attached hydrogens (tertiary/aromatic N) is 1. The van der Waals surface area contributed by atoms with Gasteiger partial charge in [-0.25, -0.2) is 4.79 Å². The van der Waals surface area contributed by atoms with Crippen molar-refractivity contribution in [2.45, 2.75) is 69.9 Å². The number of rotatable bonds is 1. The molecular weight excluding hydrogens is 230 g/mol. The van der Waals surface area contributed by atoms with Gasteiger partial charge in [0.2, 0.25) is 5.91 Å². The molecule has 102 valence electrons. The number of piperidine rings is 1. The van der Waals surface area contributed by atoms with E-state index in [2.05, 4.69) is 0 Å². The molecular formula is C14H23NO3. The smallest absolute Gasteiger partial charge is 0.328 e. The highest BCUT2D eigenvalue weighted by Gasteiger charge is 2.47. The fourth-order valence-electron chi connectivity index (χ4n) is 3.82. The number of carbonyl (C=O) groups excluding carboxylic acids is 2. The number of amides is 1. The van der Waals surface area contributed by atoms with Gasteiger partial charge >= 0.3 is 5.97 Å². The van der Waals surface area contributed by atoms with Gasteiger partial charge < -0.3 is 9.64 Å². The van der Waals surface area contributed by atoms with E-state index >= 15 is 0 Å². The topological polar surface area (TPSA) is 46.6 Å². The molecule has 0 bridgehead atoms. The molecule has 1 amide bonds. The van der Waals surface area contributed by atoms with E-state index in [0.29, 0.717) is 0 Å². The van der Waals surface area contributed by atoms with Crippen LogP contribution in [0.25, 0.3) is 0 Å². The summed E-state index contributed by atoms with van der Waals surface area (Å²) in [6, 6.07) is -0.362. The summed E-state index contributed by atoms with van der Waals surface area (Å²) >= 11 is 0. The second kappa shape index (κ2) is 5.29. The van der Waals surface area contributed by atoms with Crippen LogP contribution in [0.15, 0.2) is 0 Å². The molecule has 1 saturated heterocycles. The van der Waals surface area contributed by atoms with Gasteiger partial charge in [-0.05, 0) is 32.1 Å². The first-order chi connectivity index (χ1) is 8.60. The Bertz CT molecular complexity index is 328. The molecule has 4 nitrogen and oxygen atoms in total. The molecule has 1 atom stereocenters. The number of hydrogen-bond acceptors (Lipinski definition) is 3. The minimum atomic E-state index is -0.362. The Morgan fingerprint density at radius 3 is 2.28 bits per heavy atom. The maximum Gasteiger partial charge on any atom is 0.328 e. The Morgan fingerprint density at radius 1 is 1.11 bits per heavy atom. The van der Waals surface area contributed by atoms with Crippen molar-refractivity contribution in [3.05, 3.63) is 0 Å². The fourth-order valence-corrected chi connectivity index (χ4v) is 3.82. The van der Waals surface area contributed by atoms with E-state index in [1.165, 1.54) is 13.5 Å². The van der Waals surface area contributed by atoms with E-state index in [1.807, 2.05) is 4.90 Å². The third-order valence-corrected chi connectivity index (χ3v) is 4.54. The van der Waals surface area contributed by atoms with Crippen LogP contribution in [0.2, 0.25) is 0 Å². The van der Waals surface area contributed by atoms with Crippen LogP contribution in [0.5, 0.6) is 0 Å². The quantitative estimate of drug-likeness (QED) is 0.673. The molecule has 1 unspecified atom stereocenters. The van der Waals surface area contributed by atoms with Gasteiger partial charge in [-0.3, -0.25) is 4.79 Å². The lowest BCUT2D eigenvalue weighted by Crippen LogP contribution is -2.61. The largest absolute Gasteiger partial charge is 0.467 e. The SMILES string of the molecule is COC(=O)C1CCCC2(CCCCC2)N1C(C)=O. The van der Waals surface area contributed by atoms with E-state index in [4.69, 9.17) is 4.74 Å². The molecule has 2 rings (SSSR count). The number of carbonyl (C=O) groups is 2. The molecule has 0 aromatic carbocycles. The molecule has 1 aliphatic carbocycles. The number of ether oxygens (including phenoxy) is 1. The van der Waals surface area contributed by atoms with Gasteiger partial charge in [0.05, 0.1) is 7.11 Å². The number of hydrogen-bond donors (Lipinski definition) is 0. The first-order valence-electron chi connectivity index (χ1n) is 6.98. The average Bonchev–Trinajstić information content (AvgIpc) is 2.38. The molecule has 0 aromatic heterocycles. The summed E-state index contributed by atoms with van der Waals surface area (Å²) < 4.78 is 4.87. The van der Waals surface area contributed by atoms with Gasteiger partial charge in [0.1, 0.15) is 6.04 Å². The Labute approximate surface area is 109 Å². The third-order valence-electron chi connectivity index (χ3n) is 4.54. The average molecular weight is 253 g/mol. The summed E-state index contributed by atoms with van der Waals surface area (Å²) in [7, 11) is 1.41. The van der Waals surface area contributed by atoms with Crippen molar-refractivity contribution in [2.75, 3.05) is 7.11 Å². The van der Waals surface area contributed by atoms with Gasteiger partial charge in [0.25, 0.3) is 0 Å². The van der Waals surface area contributed by atoms with Gasteiger partial charge in [0.15, 0.2) is 0 Å². The molecule has 1 aliphatic heterocycles. The Morgan fingerprint density at radius 2 is 1.72 bits per heavy atom. The van der Waals surface area contributed by atoms with Crippen molar-refractivity contribution < 1.29 is 14.3 Å². The highest BCUT2D eigenvalue weighted by atomic mass is 16.5. The summed E-state index contributed by atoms with van der Waals surface area (Å²) in [6.45, 7) is 1.58. The van der Waals surface area contributed by atoms with Gasteiger partial charge in [0, 0.05) is 12.5 Å². The first kappa shape index (κ1) is 13.4.